The van der Waals surface area contributed by atoms with Gasteiger partial charge in [-0.3, -0.25) is 14.9 Å². The first kappa shape index (κ1) is 16.7. The highest BCUT2D eigenvalue weighted by atomic mass is 19.4. The van der Waals surface area contributed by atoms with Crippen LogP contribution in [0.5, 0.6) is 5.75 Å². The van der Waals surface area contributed by atoms with Gasteiger partial charge in [0.15, 0.2) is 12.7 Å². The predicted molar refractivity (Wildman–Crippen MR) is 63.7 cm³/mol. The number of nitrogens with one attached hydrogen (secondary N) is 1. The van der Waals surface area contributed by atoms with Crippen LogP contribution in [0, 0.1) is 10.1 Å². The fourth-order valence-electron chi connectivity index (χ4n) is 1.19. The van der Waals surface area contributed by atoms with Crippen LogP contribution in [0.3, 0.4) is 0 Å². The Hall–Kier alpha value is -2.36. The normalized spacial score (nSPS) is 12.6. The summed E-state index contributed by atoms with van der Waals surface area (Å²) in [5.41, 5.74) is -0.167. The lowest BCUT2D eigenvalue weighted by atomic mass is 10.3. The van der Waals surface area contributed by atoms with Gasteiger partial charge in [0.1, 0.15) is 5.75 Å². The summed E-state index contributed by atoms with van der Waals surface area (Å²) in [6.45, 7) is -1.56. The molecule has 1 atom stereocenters. The van der Waals surface area contributed by atoms with E-state index in [2.05, 4.69) is 0 Å². The van der Waals surface area contributed by atoms with Crippen LogP contribution in [-0.2, 0) is 4.79 Å². The maximum Gasteiger partial charge on any atom is 0.416 e. The molecule has 0 aliphatic heterocycles. The van der Waals surface area contributed by atoms with Gasteiger partial charge < -0.3 is 15.2 Å². The van der Waals surface area contributed by atoms with Crippen LogP contribution in [0.15, 0.2) is 24.3 Å². The van der Waals surface area contributed by atoms with E-state index in [1.807, 2.05) is 5.32 Å². The van der Waals surface area contributed by atoms with Crippen LogP contribution in [0.25, 0.3) is 0 Å². The third kappa shape index (κ3) is 5.65. The molecule has 10 heteroatoms. The van der Waals surface area contributed by atoms with Crippen molar-refractivity contribution < 1.29 is 32.7 Å². The first-order valence-corrected chi connectivity index (χ1v) is 5.59. The number of carbonyl (C=O) groups excluding carboxylic acids is 1. The zero-order chi connectivity index (χ0) is 16.0. The van der Waals surface area contributed by atoms with Crippen LogP contribution >= 0.6 is 0 Å². The molecule has 0 saturated heterocycles. The molecule has 1 amide bonds. The second-order valence-corrected chi connectivity index (χ2v) is 3.90. The van der Waals surface area contributed by atoms with E-state index in [1.165, 1.54) is 12.1 Å². The van der Waals surface area contributed by atoms with Crippen LogP contribution in [0.4, 0.5) is 18.9 Å². The molecule has 2 N–H and O–H groups in total. The number of amides is 1. The number of aliphatic hydroxyl groups is 1. The maximum atomic E-state index is 12.0. The number of rotatable bonds is 6. The van der Waals surface area contributed by atoms with E-state index in [1.54, 1.807) is 0 Å². The van der Waals surface area contributed by atoms with Gasteiger partial charge in [-0.1, -0.05) is 0 Å². The summed E-state index contributed by atoms with van der Waals surface area (Å²) in [5, 5.41) is 20.9. The topological polar surface area (TPSA) is 102 Å². The lowest BCUT2D eigenvalue weighted by Gasteiger charge is -2.15. The van der Waals surface area contributed by atoms with Crippen molar-refractivity contribution in [1.82, 2.24) is 5.32 Å². The molecule has 0 aliphatic rings. The molecular formula is C11H11F3N2O5. The van der Waals surface area contributed by atoms with E-state index in [0.29, 0.717) is 0 Å². The van der Waals surface area contributed by atoms with E-state index >= 15 is 0 Å². The molecule has 0 saturated carbocycles. The molecule has 116 valence electrons. The van der Waals surface area contributed by atoms with Gasteiger partial charge in [0.05, 0.1) is 11.5 Å². The van der Waals surface area contributed by atoms with Gasteiger partial charge in [0, 0.05) is 12.1 Å². The lowest BCUT2D eigenvalue weighted by molar-refractivity contribution is -0.384. The number of nitrogens with zero attached hydrogens (tertiary/aromatic N) is 1. The Balaban J connectivity index is 2.38. The van der Waals surface area contributed by atoms with Crippen LogP contribution < -0.4 is 10.1 Å². The molecule has 1 rings (SSSR count). The van der Waals surface area contributed by atoms with E-state index < -0.39 is 36.3 Å². The highest BCUT2D eigenvalue weighted by Gasteiger charge is 2.38. The first-order chi connectivity index (χ1) is 9.70. The number of carbonyl (C=O) groups is 1. The molecule has 21 heavy (non-hydrogen) atoms. The molecule has 0 fully saturated rings. The molecule has 1 unspecified atom stereocenters. The predicted octanol–water partition coefficient (Wildman–Crippen LogP) is 1.01. The molecule has 0 aliphatic carbocycles. The highest BCUT2D eigenvalue weighted by Crippen LogP contribution is 2.19. The minimum absolute atomic E-state index is 0.145. The minimum Gasteiger partial charge on any atom is -0.484 e. The summed E-state index contributed by atoms with van der Waals surface area (Å²) in [4.78, 5) is 21.0. The van der Waals surface area contributed by atoms with Crippen molar-refractivity contribution in [2.75, 3.05) is 13.2 Å². The number of nitro benzene ring substituents is 1. The number of hydrogen-bond acceptors (Lipinski definition) is 5. The van der Waals surface area contributed by atoms with Crippen molar-refractivity contribution in [3.05, 3.63) is 34.4 Å². The lowest BCUT2D eigenvalue weighted by Crippen LogP contribution is -2.42. The van der Waals surface area contributed by atoms with Crippen molar-refractivity contribution in [2.24, 2.45) is 0 Å². The monoisotopic (exact) mass is 308 g/mol. The minimum atomic E-state index is -4.81. The zero-order valence-corrected chi connectivity index (χ0v) is 10.5. The average molecular weight is 308 g/mol. The summed E-state index contributed by atoms with van der Waals surface area (Å²) in [7, 11) is 0. The molecule has 0 radical (unpaired) electrons. The third-order valence-electron chi connectivity index (χ3n) is 2.29. The summed E-state index contributed by atoms with van der Waals surface area (Å²) >= 11 is 0. The van der Waals surface area contributed by atoms with Gasteiger partial charge in [0.2, 0.25) is 0 Å². The van der Waals surface area contributed by atoms with E-state index in [4.69, 9.17) is 9.84 Å². The first-order valence-electron chi connectivity index (χ1n) is 5.59. The van der Waals surface area contributed by atoms with Gasteiger partial charge in [0.25, 0.3) is 11.6 Å². The number of ether oxygens (including phenoxy) is 1. The van der Waals surface area contributed by atoms with Crippen LogP contribution in [0.1, 0.15) is 0 Å². The average Bonchev–Trinajstić information content (AvgIpc) is 2.41. The number of halogens is 3. The fourth-order valence-corrected chi connectivity index (χ4v) is 1.19. The van der Waals surface area contributed by atoms with Crippen molar-refractivity contribution in [3.63, 3.8) is 0 Å². The quantitative estimate of drug-likeness (QED) is 0.603. The Morgan fingerprint density at radius 2 is 1.95 bits per heavy atom. The largest absolute Gasteiger partial charge is 0.484 e. The number of hydrogen-bond donors (Lipinski definition) is 2. The molecule has 0 heterocycles. The summed E-state index contributed by atoms with van der Waals surface area (Å²) in [6.07, 6.45) is -7.47. The Kier molecular flexibility index (Phi) is 5.47. The molecule has 0 aromatic heterocycles. The smallest absolute Gasteiger partial charge is 0.416 e. The second kappa shape index (κ2) is 6.88. The zero-order valence-electron chi connectivity index (χ0n) is 10.5. The van der Waals surface area contributed by atoms with E-state index in [9.17, 15) is 28.1 Å². The van der Waals surface area contributed by atoms with E-state index in [0.717, 1.165) is 12.1 Å². The summed E-state index contributed by atoms with van der Waals surface area (Å²) in [6, 6.07) is 4.80. The maximum absolute atomic E-state index is 12.0. The number of alkyl halides is 3. The molecule has 1 aromatic carbocycles. The molecule has 7 nitrogen and oxygen atoms in total. The van der Waals surface area contributed by atoms with Crippen molar-refractivity contribution in [2.45, 2.75) is 12.3 Å². The Morgan fingerprint density at radius 3 is 2.43 bits per heavy atom. The van der Waals surface area contributed by atoms with Crippen LogP contribution in [0.2, 0.25) is 0 Å². The number of aliphatic hydroxyl groups excluding tert-OH is 1. The molecular weight excluding hydrogens is 297 g/mol. The number of non-ortho nitro benzene ring substituents is 1. The van der Waals surface area contributed by atoms with Gasteiger partial charge in [-0.25, -0.2) is 0 Å². The Labute approximate surface area is 116 Å². The Morgan fingerprint density at radius 1 is 1.38 bits per heavy atom. The van der Waals surface area contributed by atoms with Crippen molar-refractivity contribution in [1.29, 1.82) is 0 Å². The molecule has 0 spiro atoms. The van der Waals surface area contributed by atoms with Gasteiger partial charge in [-0.15, -0.1) is 0 Å². The third-order valence-corrected chi connectivity index (χ3v) is 2.29. The second-order valence-electron chi connectivity index (χ2n) is 3.90. The SMILES string of the molecule is O=C(COc1ccc([N+](=O)[O-])cc1)NCC(O)C(F)(F)F. The molecule has 0 bridgehead atoms. The van der Waals surface area contributed by atoms with Gasteiger partial charge in [-0.2, -0.15) is 13.2 Å². The van der Waals surface area contributed by atoms with Gasteiger partial charge in [-0.05, 0) is 12.1 Å². The number of benzene rings is 1. The van der Waals surface area contributed by atoms with E-state index in [-0.39, 0.29) is 11.4 Å². The summed E-state index contributed by atoms with van der Waals surface area (Å²) in [5.74, 6) is -0.719. The fraction of sp³-hybridized carbons (Fsp3) is 0.364. The number of nitro groups is 1. The Bertz CT molecular complexity index is 504. The van der Waals surface area contributed by atoms with Gasteiger partial charge >= 0.3 is 6.18 Å². The van der Waals surface area contributed by atoms with Crippen molar-refractivity contribution >= 4 is 11.6 Å². The van der Waals surface area contributed by atoms with Crippen molar-refractivity contribution in [3.8, 4) is 5.75 Å². The van der Waals surface area contributed by atoms with Crippen LogP contribution in [-0.4, -0.2) is 41.4 Å². The highest BCUT2D eigenvalue weighted by molar-refractivity contribution is 5.77. The summed E-state index contributed by atoms with van der Waals surface area (Å²) < 4.78 is 40.8. The molecule has 1 aromatic rings. The standard InChI is InChI=1S/C11H11F3N2O5/c12-11(13,14)9(17)5-15-10(18)6-21-8-3-1-7(2-4-8)16(19)20/h1-4,9,17H,5-6H2,(H,15,18).